The summed E-state index contributed by atoms with van der Waals surface area (Å²) in [6.45, 7) is 8.44. The van der Waals surface area contributed by atoms with Gasteiger partial charge in [-0.1, -0.05) is 134 Å². The van der Waals surface area contributed by atoms with E-state index in [2.05, 4.69) is 45.0 Å². The smallest absolute Gasteiger partial charge is 0.338 e. The molecule has 3 aromatic carbocycles. The number of rotatable bonds is 7. The van der Waals surface area contributed by atoms with Gasteiger partial charge >= 0.3 is 5.97 Å². The van der Waals surface area contributed by atoms with E-state index in [1.165, 1.54) is 0 Å². The Morgan fingerprint density at radius 3 is 1.78 bits per heavy atom. The molecule has 1 aliphatic rings. The Kier molecular flexibility index (Phi) is 9.89. The fourth-order valence-corrected chi connectivity index (χ4v) is 10.0. The molecular weight excluding hydrogens is 601 g/mol. The summed E-state index contributed by atoms with van der Waals surface area (Å²) in [5, 5.41) is 10.1. The van der Waals surface area contributed by atoms with Crippen molar-refractivity contribution in [2.45, 2.75) is 67.5 Å². The van der Waals surface area contributed by atoms with Crippen LogP contribution in [-0.4, -0.2) is 48.6 Å². The summed E-state index contributed by atoms with van der Waals surface area (Å²) in [4.78, 5) is 13.1. The van der Waals surface area contributed by atoms with Crippen molar-refractivity contribution in [2.75, 3.05) is 0 Å². The van der Waals surface area contributed by atoms with Gasteiger partial charge in [0.05, 0.1) is 17.8 Å². The van der Waals surface area contributed by atoms with Crippen LogP contribution >= 0.6 is 34.8 Å². The Labute approximate surface area is 257 Å². The minimum atomic E-state index is -2.96. The molecule has 1 heterocycles. The SMILES string of the molecule is C[C@@H]1O[C@@H](OC(=N)C(Cl)(Cl)Cl)[C@H](OC(=O)c2ccccc2)C[C@H]1O[Si](c1ccccc1)(c1ccccc1)C(C)(C)C. The maximum Gasteiger partial charge on any atom is 0.338 e. The van der Waals surface area contributed by atoms with Crippen LogP contribution in [0.4, 0.5) is 0 Å². The van der Waals surface area contributed by atoms with Gasteiger partial charge < -0.3 is 18.6 Å². The highest BCUT2D eigenvalue weighted by Crippen LogP contribution is 2.40. The third-order valence-corrected chi connectivity index (χ3v) is 12.7. The fourth-order valence-electron chi connectivity index (χ4n) is 5.15. The summed E-state index contributed by atoms with van der Waals surface area (Å²) < 4.78 is 23.0. The van der Waals surface area contributed by atoms with Gasteiger partial charge in [-0.25, -0.2) is 4.79 Å². The van der Waals surface area contributed by atoms with Gasteiger partial charge in [0.1, 0.15) is 0 Å². The number of halogens is 3. The minimum Gasteiger partial charge on any atom is -0.452 e. The van der Waals surface area contributed by atoms with E-state index in [1.807, 2.05) is 49.4 Å². The third-order valence-electron chi connectivity index (χ3n) is 7.14. The lowest BCUT2D eigenvalue weighted by Gasteiger charge is -2.48. The first-order valence-corrected chi connectivity index (χ1v) is 16.4. The lowest BCUT2D eigenvalue weighted by molar-refractivity contribution is -0.231. The van der Waals surface area contributed by atoms with Crippen LogP contribution in [0.5, 0.6) is 0 Å². The van der Waals surface area contributed by atoms with E-state index in [0.29, 0.717) is 5.56 Å². The second-order valence-corrected chi connectivity index (χ2v) is 17.6. The summed E-state index contributed by atoms with van der Waals surface area (Å²) >= 11 is 17.7. The highest BCUT2D eigenvalue weighted by Gasteiger charge is 2.54. The van der Waals surface area contributed by atoms with Crippen molar-refractivity contribution in [3.63, 3.8) is 0 Å². The predicted octanol–water partition coefficient (Wildman–Crippen LogP) is 6.66. The minimum absolute atomic E-state index is 0.238. The van der Waals surface area contributed by atoms with Crippen LogP contribution in [0.15, 0.2) is 91.0 Å². The molecule has 4 atom stereocenters. The van der Waals surface area contributed by atoms with Crippen LogP contribution in [0.25, 0.3) is 0 Å². The molecule has 6 nitrogen and oxygen atoms in total. The Morgan fingerprint density at radius 2 is 1.32 bits per heavy atom. The normalized spacial score (nSPS) is 21.6. The molecule has 0 bridgehead atoms. The van der Waals surface area contributed by atoms with Crippen molar-refractivity contribution in [3.05, 3.63) is 96.6 Å². The number of ether oxygens (including phenoxy) is 3. The van der Waals surface area contributed by atoms with E-state index in [9.17, 15) is 4.79 Å². The topological polar surface area (TPSA) is 77.8 Å². The van der Waals surface area contributed by atoms with Crippen molar-refractivity contribution in [2.24, 2.45) is 0 Å². The Hall–Kier alpha value is -2.39. The molecule has 0 aromatic heterocycles. The van der Waals surface area contributed by atoms with Crippen LogP contribution in [-0.2, 0) is 18.6 Å². The zero-order chi connectivity index (χ0) is 29.8. The molecule has 1 saturated heterocycles. The first kappa shape index (κ1) is 31.5. The van der Waals surface area contributed by atoms with E-state index in [1.54, 1.807) is 24.3 Å². The molecule has 1 fully saturated rings. The highest BCUT2D eigenvalue weighted by molar-refractivity contribution is 6.99. The van der Waals surface area contributed by atoms with Crippen molar-refractivity contribution < 1.29 is 23.4 Å². The molecule has 218 valence electrons. The molecule has 41 heavy (non-hydrogen) atoms. The van der Waals surface area contributed by atoms with Crippen molar-refractivity contribution in [3.8, 4) is 0 Å². The number of hydrogen-bond donors (Lipinski definition) is 1. The monoisotopic (exact) mass is 633 g/mol. The van der Waals surface area contributed by atoms with Crippen LogP contribution in [0, 0.1) is 5.41 Å². The molecule has 10 heteroatoms. The number of nitrogens with one attached hydrogen (secondary N) is 1. The lowest BCUT2D eigenvalue weighted by atomic mass is 10.0. The zero-order valence-corrected chi connectivity index (χ0v) is 26.6. The molecule has 0 spiro atoms. The maximum atomic E-state index is 13.1. The van der Waals surface area contributed by atoms with Gasteiger partial charge in [-0.05, 0) is 34.5 Å². The van der Waals surface area contributed by atoms with E-state index in [4.69, 9.17) is 58.8 Å². The number of carbonyl (C=O) groups is 1. The van der Waals surface area contributed by atoms with Gasteiger partial charge in [-0.2, -0.15) is 0 Å². The lowest BCUT2D eigenvalue weighted by Crippen LogP contribution is -2.69. The number of alkyl halides is 3. The highest BCUT2D eigenvalue weighted by atomic mass is 35.6. The number of carbonyl (C=O) groups excluding carboxylic acids is 1. The first-order chi connectivity index (χ1) is 19.3. The maximum absolute atomic E-state index is 13.1. The molecule has 3 aromatic rings. The summed E-state index contributed by atoms with van der Waals surface area (Å²) in [7, 11) is -2.96. The molecule has 0 radical (unpaired) electrons. The number of hydrogen-bond acceptors (Lipinski definition) is 6. The van der Waals surface area contributed by atoms with Gasteiger partial charge in [0.15, 0.2) is 6.10 Å². The van der Waals surface area contributed by atoms with Crippen LogP contribution in [0.1, 0.15) is 44.5 Å². The summed E-state index contributed by atoms with van der Waals surface area (Å²) in [6.07, 6.45) is -2.88. The largest absolute Gasteiger partial charge is 0.452 e. The van der Waals surface area contributed by atoms with Gasteiger partial charge in [-0.3, -0.25) is 5.41 Å². The Morgan fingerprint density at radius 1 is 0.829 bits per heavy atom. The summed E-state index contributed by atoms with van der Waals surface area (Å²) in [5.41, 5.74) is 0.366. The molecular formula is C31H34Cl3NO5Si. The van der Waals surface area contributed by atoms with Gasteiger partial charge in [0, 0.05) is 6.42 Å². The van der Waals surface area contributed by atoms with Gasteiger partial charge in [0.2, 0.25) is 12.2 Å². The summed E-state index contributed by atoms with van der Waals surface area (Å²) in [6, 6.07) is 29.1. The second kappa shape index (κ2) is 12.9. The predicted molar refractivity (Wildman–Crippen MR) is 166 cm³/mol. The Balaban J connectivity index is 1.72. The standard InChI is InChI=1S/C31H34Cl3NO5Si/c1-21-25(40-41(30(2,3)4,23-16-10-6-11-17-23)24-18-12-7-13-19-24)20-26(28(37-21)39-29(35)31(32,33)34)38-27(36)22-14-8-5-9-15-22/h5-19,21,25-26,28,35H,20H2,1-4H3/t21-,25+,26+,28-/m0/s1. The van der Waals surface area contributed by atoms with E-state index < -0.39 is 48.6 Å². The van der Waals surface area contributed by atoms with E-state index >= 15 is 0 Å². The van der Waals surface area contributed by atoms with Crippen molar-refractivity contribution in [1.82, 2.24) is 0 Å². The molecule has 0 unspecified atom stereocenters. The van der Waals surface area contributed by atoms with Crippen molar-refractivity contribution in [1.29, 1.82) is 5.41 Å². The molecule has 0 aliphatic carbocycles. The van der Waals surface area contributed by atoms with Crippen LogP contribution < -0.4 is 10.4 Å². The average molecular weight is 635 g/mol. The van der Waals surface area contributed by atoms with Gasteiger partial charge in [-0.15, -0.1) is 0 Å². The molecule has 0 saturated carbocycles. The summed E-state index contributed by atoms with van der Waals surface area (Å²) in [5.74, 6) is -1.20. The van der Waals surface area contributed by atoms with E-state index in [-0.39, 0.29) is 11.5 Å². The van der Waals surface area contributed by atoms with Crippen LogP contribution in [0.3, 0.4) is 0 Å². The second-order valence-electron chi connectivity index (χ2n) is 11.0. The molecule has 1 aliphatic heterocycles. The average Bonchev–Trinajstić information content (AvgIpc) is 2.94. The van der Waals surface area contributed by atoms with Crippen LogP contribution in [0.2, 0.25) is 5.04 Å². The van der Waals surface area contributed by atoms with Crippen molar-refractivity contribution >= 4 is 65.4 Å². The quantitative estimate of drug-likeness (QED) is 0.103. The van der Waals surface area contributed by atoms with Gasteiger partial charge in [0.25, 0.3) is 12.1 Å². The van der Waals surface area contributed by atoms with E-state index in [0.717, 1.165) is 10.4 Å². The third kappa shape index (κ3) is 7.16. The molecule has 4 rings (SSSR count). The molecule has 0 amide bonds. The zero-order valence-electron chi connectivity index (χ0n) is 23.4. The number of esters is 1. The first-order valence-electron chi connectivity index (χ1n) is 13.4. The number of benzene rings is 3. The molecule has 1 N–H and O–H groups in total. The Bertz CT molecular complexity index is 1280. The fraction of sp³-hybridized carbons (Fsp3) is 0.355.